The van der Waals surface area contributed by atoms with Gasteiger partial charge in [0.25, 0.3) is 0 Å². The van der Waals surface area contributed by atoms with Gasteiger partial charge in [-0.3, -0.25) is 10.1 Å². The van der Waals surface area contributed by atoms with Gasteiger partial charge in [0.15, 0.2) is 11.2 Å². The molecule has 3 saturated carbocycles. The summed E-state index contributed by atoms with van der Waals surface area (Å²) in [4.78, 5) is 57.1. The molecule has 2 aromatic carbocycles. The normalized spacial score (nSPS) is 23.1. The number of benzene rings is 2. The van der Waals surface area contributed by atoms with Crippen molar-refractivity contribution in [2.45, 2.75) is 103 Å². The minimum Gasteiger partial charge on any atom is -0.496 e. The van der Waals surface area contributed by atoms with Crippen LogP contribution in [0.3, 0.4) is 0 Å². The second-order valence-corrected chi connectivity index (χ2v) is 17.4. The third-order valence-electron chi connectivity index (χ3n) is 11.7. The second-order valence-electron chi connectivity index (χ2n) is 16.6. The zero-order valence-corrected chi connectivity index (χ0v) is 34.0. The van der Waals surface area contributed by atoms with Crippen molar-refractivity contribution in [3.8, 4) is 5.75 Å². The van der Waals surface area contributed by atoms with E-state index >= 15 is 0 Å². The van der Waals surface area contributed by atoms with Crippen molar-refractivity contribution in [1.29, 1.82) is 0 Å². The van der Waals surface area contributed by atoms with E-state index in [1.54, 1.807) is 18.4 Å². The van der Waals surface area contributed by atoms with Gasteiger partial charge in [-0.2, -0.15) is 0 Å². The van der Waals surface area contributed by atoms with Crippen LogP contribution in [0, 0.1) is 17.3 Å². The number of thiazole rings is 1. The van der Waals surface area contributed by atoms with Crippen LogP contribution >= 0.6 is 11.3 Å². The fourth-order valence-corrected chi connectivity index (χ4v) is 9.37. The van der Waals surface area contributed by atoms with Crippen molar-refractivity contribution in [2.24, 2.45) is 17.3 Å². The summed E-state index contributed by atoms with van der Waals surface area (Å²) in [5, 5.41) is 23.0. The standard InChI is InChI=1S/C40H52BN5O9S/c1-9-42-35(50)45-31(27-21-56-36(43-27)46-37(51)53-20-22-13-11-10-12-14-22)33(47)44-30(41-54-29-18-23-17-28(39(23,5)6)40(29,7)55-41)19-25-26(38(2,3)4)16-15-24(34(48)49)32(25)52-8/h10-16,21,23,28-31H,9,17-20H2,1-8H3,(H,44,47)(H,48,49)(H2,42,45,50)(H,43,46,51)/t23-,28+,29?,30?,31?,40+/m1/s1. The summed E-state index contributed by atoms with van der Waals surface area (Å²) < 4.78 is 24.7. The highest BCUT2D eigenvalue weighted by Crippen LogP contribution is 2.65. The van der Waals surface area contributed by atoms with E-state index in [0.29, 0.717) is 18.0 Å². The average Bonchev–Trinajstić information content (AvgIpc) is 3.76. The molecule has 1 saturated heterocycles. The van der Waals surface area contributed by atoms with Gasteiger partial charge >= 0.3 is 25.2 Å². The molecule has 1 aromatic heterocycles. The van der Waals surface area contributed by atoms with Gasteiger partial charge in [-0.1, -0.05) is 71.0 Å². The van der Waals surface area contributed by atoms with Crippen LogP contribution in [-0.2, 0) is 37.3 Å². The number of ether oxygens (including phenoxy) is 2. The van der Waals surface area contributed by atoms with Gasteiger partial charge in [-0.15, -0.1) is 11.3 Å². The van der Waals surface area contributed by atoms with Gasteiger partial charge in [0.1, 0.15) is 17.9 Å². The van der Waals surface area contributed by atoms with Crippen molar-refractivity contribution >= 4 is 47.6 Å². The lowest BCUT2D eigenvalue weighted by molar-refractivity contribution is -0.199. The molecule has 0 spiro atoms. The van der Waals surface area contributed by atoms with E-state index in [0.717, 1.165) is 35.3 Å². The number of aromatic nitrogens is 1. The lowest BCUT2D eigenvalue weighted by Crippen LogP contribution is -2.65. The minimum atomic E-state index is -1.31. The molecule has 7 rings (SSSR count). The SMILES string of the molecule is CCNC(=O)NC(C(=O)NC(Cc1c(C(C)(C)C)ccc(C(=O)O)c1OC)B1OC2C[C@H]3C[C@@H](C3(C)C)[C@]2(C)O1)c1csc(NC(=O)OCc2ccccc2)n1. The van der Waals surface area contributed by atoms with Crippen LogP contribution in [0.5, 0.6) is 5.75 Å². The Morgan fingerprint density at radius 2 is 1.80 bits per heavy atom. The zero-order chi connectivity index (χ0) is 40.6. The number of methoxy groups -OCH3 is 1. The van der Waals surface area contributed by atoms with Gasteiger partial charge in [0.05, 0.1) is 30.4 Å². The van der Waals surface area contributed by atoms with Crippen LogP contribution in [0.15, 0.2) is 47.8 Å². The first-order valence-corrected chi connectivity index (χ1v) is 19.9. The predicted molar refractivity (Wildman–Crippen MR) is 212 cm³/mol. The van der Waals surface area contributed by atoms with E-state index in [1.165, 1.54) is 13.2 Å². The molecule has 5 N–H and O–H groups in total. The number of carboxylic acids is 1. The number of nitrogens with one attached hydrogen (secondary N) is 4. The van der Waals surface area contributed by atoms with Gasteiger partial charge in [0.2, 0.25) is 5.91 Å². The van der Waals surface area contributed by atoms with Crippen molar-refractivity contribution in [2.75, 3.05) is 19.0 Å². The molecule has 300 valence electrons. The Morgan fingerprint density at radius 3 is 2.45 bits per heavy atom. The first kappa shape index (κ1) is 41.0. The van der Waals surface area contributed by atoms with Gasteiger partial charge < -0.3 is 39.8 Å². The van der Waals surface area contributed by atoms with E-state index < -0.39 is 54.1 Å². The van der Waals surface area contributed by atoms with Crippen LogP contribution in [-0.4, -0.2) is 72.5 Å². The Labute approximate surface area is 331 Å². The number of amides is 4. The van der Waals surface area contributed by atoms with Gasteiger partial charge in [-0.25, -0.2) is 19.4 Å². The summed E-state index contributed by atoms with van der Waals surface area (Å²) in [6.45, 7) is 14.8. The molecule has 3 aliphatic carbocycles. The maximum atomic E-state index is 14.6. The fraction of sp³-hybridized carbons (Fsp3) is 0.525. The predicted octanol–water partition coefficient (Wildman–Crippen LogP) is 6.25. The molecule has 4 aliphatic rings. The third-order valence-corrected chi connectivity index (χ3v) is 12.4. The first-order chi connectivity index (χ1) is 26.5. The maximum absolute atomic E-state index is 14.6. The molecule has 14 nitrogen and oxygen atoms in total. The van der Waals surface area contributed by atoms with Crippen LogP contribution < -0.4 is 26.0 Å². The molecule has 16 heteroatoms. The summed E-state index contributed by atoms with van der Waals surface area (Å²) in [6.07, 6.45) is 0.973. The summed E-state index contributed by atoms with van der Waals surface area (Å²) in [5.41, 5.74) is 1.39. The number of hydrogen-bond donors (Lipinski definition) is 5. The van der Waals surface area contributed by atoms with Crippen molar-refractivity contribution < 1.29 is 43.1 Å². The number of aromatic carboxylic acids is 1. The Morgan fingerprint density at radius 1 is 1.07 bits per heavy atom. The van der Waals surface area contributed by atoms with Gasteiger partial charge in [-0.05, 0) is 73.0 Å². The van der Waals surface area contributed by atoms with Crippen LogP contribution in [0.25, 0.3) is 0 Å². The number of hydrogen-bond acceptors (Lipinski definition) is 10. The molecule has 6 atom stereocenters. The number of carboxylic acid groups (broad SMARTS) is 1. The molecule has 4 fully saturated rings. The molecule has 56 heavy (non-hydrogen) atoms. The topological polar surface area (TPSA) is 186 Å². The van der Waals surface area contributed by atoms with E-state index in [-0.39, 0.29) is 52.6 Å². The summed E-state index contributed by atoms with van der Waals surface area (Å²) in [7, 11) is 0.503. The quantitative estimate of drug-likeness (QED) is 0.124. The lowest BCUT2D eigenvalue weighted by atomic mass is 9.43. The molecule has 2 bridgehead atoms. The molecule has 1 aliphatic heterocycles. The van der Waals surface area contributed by atoms with Crippen molar-refractivity contribution in [3.63, 3.8) is 0 Å². The Bertz CT molecular complexity index is 1950. The maximum Gasteiger partial charge on any atom is 0.482 e. The largest absolute Gasteiger partial charge is 0.496 e. The minimum absolute atomic E-state index is 0.0161. The Hall–Kier alpha value is -4.67. The number of urea groups is 1. The highest BCUT2D eigenvalue weighted by atomic mass is 32.1. The first-order valence-electron chi connectivity index (χ1n) is 19.0. The average molecular weight is 790 g/mol. The molecule has 3 aromatic rings. The van der Waals surface area contributed by atoms with Gasteiger partial charge in [0, 0.05) is 17.5 Å². The van der Waals surface area contributed by atoms with E-state index in [4.69, 9.17) is 18.8 Å². The third kappa shape index (κ3) is 8.23. The summed E-state index contributed by atoms with van der Waals surface area (Å²) >= 11 is 1.07. The molecule has 2 heterocycles. The monoisotopic (exact) mass is 789 g/mol. The van der Waals surface area contributed by atoms with Crippen LogP contribution in [0.1, 0.15) is 100 Å². The Balaban J connectivity index is 1.32. The smallest absolute Gasteiger partial charge is 0.482 e. The van der Waals surface area contributed by atoms with Crippen LogP contribution in [0.4, 0.5) is 14.7 Å². The highest BCUT2D eigenvalue weighted by molar-refractivity contribution is 7.13. The number of carbonyl (C=O) groups is 4. The highest BCUT2D eigenvalue weighted by Gasteiger charge is 2.68. The fourth-order valence-electron chi connectivity index (χ4n) is 8.65. The van der Waals surface area contributed by atoms with Crippen molar-refractivity contribution in [3.05, 3.63) is 75.8 Å². The van der Waals surface area contributed by atoms with Crippen LogP contribution in [0.2, 0.25) is 0 Å². The zero-order valence-electron chi connectivity index (χ0n) is 33.2. The Kier molecular flexibility index (Phi) is 11.8. The molecular formula is C40H52BN5O9S. The molecule has 4 amide bonds. The van der Waals surface area contributed by atoms with Crippen molar-refractivity contribution in [1.82, 2.24) is 20.9 Å². The number of rotatable bonds is 13. The number of carbonyl (C=O) groups excluding carboxylic acids is 3. The number of anilines is 1. The molecular weight excluding hydrogens is 737 g/mol. The van der Waals surface area contributed by atoms with E-state index in [1.807, 2.05) is 51.1 Å². The summed E-state index contributed by atoms with van der Waals surface area (Å²) in [6, 6.07) is 10.6. The van der Waals surface area contributed by atoms with E-state index in [2.05, 4.69) is 47.0 Å². The molecule has 3 unspecified atom stereocenters. The second kappa shape index (κ2) is 16.1. The number of nitrogens with zero attached hydrogens (tertiary/aromatic N) is 1. The lowest BCUT2D eigenvalue weighted by Gasteiger charge is -2.64. The summed E-state index contributed by atoms with van der Waals surface area (Å²) in [5.74, 6) is -1.74. The molecule has 0 radical (unpaired) electrons. The van der Waals surface area contributed by atoms with E-state index in [9.17, 15) is 24.3 Å².